The zero-order valence-corrected chi connectivity index (χ0v) is 7.12. The molecule has 3 unspecified atom stereocenters. The van der Waals surface area contributed by atoms with Crippen molar-refractivity contribution in [3.8, 4) is 0 Å². The Hall–Kier alpha value is -0.570. The summed E-state index contributed by atoms with van der Waals surface area (Å²) < 4.78 is 0. The maximum atomic E-state index is 10.7. The summed E-state index contributed by atoms with van der Waals surface area (Å²) in [5.41, 5.74) is 0. The molecule has 1 saturated heterocycles. The molecule has 0 radical (unpaired) electrons. The molecule has 0 amide bonds. The van der Waals surface area contributed by atoms with Gasteiger partial charge in [0.25, 0.3) is 0 Å². The van der Waals surface area contributed by atoms with Crippen LogP contribution < -0.4 is 5.32 Å². The fourth-order valence-corrected chi connectivity index (χ4v) is 2.55. The molecular weight excluding hydrogens is 154 g/mol. The number of carboxylic acids is 1. The van der Waals surface area contributed by atoms with E-state index in [-0.39, 0.29) is 5.92 Å². The third-order valence-electron chi connectivity index (χ3n) is 3.20. The molecule has 1 aliphatic carbocycles. The van der Waals surface area contributed by atoms with E-state index < -0.39 is 5.97 Å². The SMILES string of the molecule is O=C(O)C1CC2CCCNC2C1. The first-order valence-corrected chi connectivity index (χ1v) is 4.73. The van der Waals surface area contributed by atoms with E-state index in [2.05, 4.69) is 5.32 Å². The maximum absolute atomic E-state index is 10.7. The molecule has 3 nitrogen and oxygen atoms in total. The normalized spacial score (nSPS) is 40.8. The lowest BCUT2D eigenvalue weighted by Crippen LogP contribution is -2.37. The number of hydrogen-bond acceptors (Lipinski definition) is 2. The highest BCUT2D eigenvalue weighted by Gasteiger charge is 2.38. The number of rotatable bonds is 1. The predicted molar refractivity (Wildman–Crippen MR) is 44.9 cm³/mol. The molecule has 1 aliphatic heterocycles. The summed E-state index contributed by atoms with van der Waals surface area (Å²) in [4.78, 5) is 10.7. The molecular formula is C9H15NO2. The molecule has 3 atom stereocenters. The summed E-state index contributed by atoms with van der Waals surface area (Å²) in [5, 5.41) is 12.2. The number of aliphatic carboxylic acids is 1. The van der Waals surface area contributed by atoms with Crippen molar-refractivity contribution in [3.05, 3.63) is 0 Å². The molecule has 0 aromatic rings. The van der Waals surface area contributed by atoms with Crippen molar-refractivity contribution < 1.29 is 9.90 Å². The van der Waals surface area contributed by atoms with E-state index in [9.17, 15) is 4.79 Å². The van der Waals surface area contributed by atoms with Crippen LogP contribution in [0.4, 0.5) is 0 Å². The highest BCUT2D eigenvalue weighted by molar-refractivity contribution is 5.70. The molecule has 68 valence electrons. The Morgan fingerprint density at radius 2 is 2.25 bits per heavy atom. The Morgan fingerprint density at radius 1 is 1.42 bits per heavy atom. The van der Waals surface area contributed by atoms with E-state index in [4.69, 9.17) is 5.11 Å². The van der Waals surface area contributed by atoms with Crippen molar-refractivity contribution in [2.24, 2.45) is 11.8 Å². The highest BCUT2D eigenvalue weighted by Crippen LogP contribution is 2.36. The van der Waals surface area contributed by atoms with Gasteiger partial charge in [0.2, 0.25) is 0 Å². The van der Waals surface area contributed by atoms with Crippen LogP contribution in [-0.2, 0) is 4.79 Å². The Labute approximate surface area is 72.2 Å². The van der Waals surface area contributed by atoms with Crippen molar-refractivity contribution in [3.63, 3.8) is 0 Å². The van der Waals surface area contributed by atoms with Gasteiger partial charge in [-0.25, -0.2) is 0 Å². The fraction of sp³-hybridized carbons (Fsp3) is 0.889. The summed E-state index contributed by atoms with van der Waals surface area (Å²) in [6.45, 7) is 1.08. The second kappa shape index (κ2) is 3.05. The quantitative estimate of drug-likeness (QED) is 0.611. The van der Waals surface area contributed by atoms with Crippen LogP contribution in [0.2, 0.25) is 0 Å². The van der Waals surface area contributed by atoms with Crippen LogP contribution in [0.3, 0.4) is 0 Å². The number of nitrogens with one attached hydrogen (secondary N) is 1. The number of carboxylic acid groups (broad SMARTS) is 1. The molecule has 1 saturated carbocycles. The first-order chi connectivity index (χ1) is 5.77. The second-order valence-electron chi connectivity index (χ2n) is 3.97. The van der Waals surface area contributed by atoms with Gasteiger partial charge in [0.05, 0.1) is 5.92 Å². The van der Waals surface area contributed by atoms with E-state index in [0.29, 0.717) is 12.0 Å². The maximum Gasteiger partial charge on any atom is 0.306 e. The lowest BCUT2D eigenvalue weighted by atomic mass is 9.94. The van der Waals surface area contributed by atoms with Crippen LogP contribution in [-0.4, -0.2) is 23.7 Å². The third kappa shape index (κ3) is 1.33. The van der Waals surface area contributed by atoms with Gasteiger partial charge in [-0.1, -0.05) is 0 Å². The molecule has 0 bridgehead atoms. The zero-order valence-electron chi connectivity index (χ0n) is 7.12. The lowest BCUT2D eigenvalue weighted by Gasteiger charge is -2.25. The van der Waals surface area contributed by atoms with Gasteiger partial charge in [0.1, 0.15) is 0 Å². The van der Waals surface area contributed by atoms with Crippen molar-refractivity contribution in [2.45, 2.75) is 31.7 Å². The topological polar surface area (TPSA) is 49.3 Å². The Kier molecular flexibility index (Phi) is 2.05. The Balaban J connectivity index is 1.98. The van der Waals surface area contributed by atoms with Crippen LogP contribution in [0.25, 0.3) is 0 Å². The van der Waals surface area contributed by atoms with Gasteiger partial charge in [0.15, 0.2) is 0 Å². The molecule has 1 heterocycles. The summed E-state index contributed by atoms with van der Waals surface area (Å²) in [6.07, 6.45) is 4.18. The van der Waals surface area contributed by atoms with E-state index >= 15 is 0 Å². The minimum atomic E-state index is -0.605. The molecule has 3 heteroatoms. The fourth-order valence-electron chi connectivity index (χ4n) is 2.55. The minimum absolute atomic E-state index is 0.0781. The molecule has 2 N–H and O–H groups in total. The van der Waals surface area contributed by atoms with Gasteiger partial charge >= 0.3 is 5.97 Å². The summed E-state index contributed by atoms with van der Waals surface area (Å²) in [6, 6.07) is 0.500. The van der Waals surface area contributed by atoms with Crippen LogP contribution >= 0.6 is 0 Å². The summed E-state index contributed by atoms with van der Waals surface area (Å²) in [5.74, 6) is -0.0448. The number of fused-ring (bicyclic) bond motifs is 1. The predicted octanol–water partition coefficient (Wildman–Crippen LogP) is 0.849. The molecule has 0 spiro atoms. The monoisotopic (exact) mass is 169 g/mol. The van der Waals surface area contributed by atoms with Crippen LogP contribution in [0, 0.1) is 11.8 Å². The summed E-state index contributed by atoms with van der Waals surface area (Å²) in [7, 11) is 0. The third-order valence-corrected chi connectivity index (χ3v) is 3.20. The van der Waals surface area contributed by atoms with Crippen molar-refractivity contribution in [1.82, 2.24) is 5.32 Å². The number of carbonyl (C=O) groups is 1. The lowest BCUT2D eigenvalue weighted by molar-refractivity contribution is -0.141. The molecule has 2 aliphatic rings. The standard InChI is InChI=1S/C9H15NO2/c11-9(12)7-4-6-2-1-3-10-8(6)5-7/h6-8,10H,1-5H2,(H,11,12). The molecule has 0 aromatic heterocycles. The van der Waals surface area contributed by atoms with Crippen LogP contribution in [0.1, 0.15) is 25.7 Å². The molecule has 2 rings (SSSR count). The number of hydrogen-bond donors (Lipinski definition) is 2. The highest BCUT2D eigenvalue weighted by atomic mass is 16.4. The van der Waals surface area contributed by atoms with Gasteiger partial charge in [-0.05, 0) is 38.1 Å². The summed E-state index contributed by atoms with van der Waals surface area (Å²) >= 11 is 0. The van der Waals surface area contributed by atoms with Crippen molar-refractivity contribution in [2.75, 3.05) is 6.54 Å². The van der Waals surface area contributed by atoms with E-state index in [1.165, 1.54) is 12.8 Å². The van der Waals surface area contributed by atoms with E-state index in [1.807, 2.05) is 0 Å². The first kappa shape index (κ1) is 8.05. The average molecular weight is 169 g/mol. The Morgan fingerprint density at radius 3 is 2.92 bits per heavy atom. The second-order valence-corrected chi connectivity index (χ2v) is 3.97. The van der Waals surface area contributed by atoms with E-state index in [1.54, 1.807) is 0 Å². The van der Waals surface area contributed by atoms with Crippen LogP contribution in [0.15, 0.2) is 0 Å². The first-order valence-electron chi connectivity index (χ1n) is 4.73. The smallest absolute Gasteiger partial charge is 0.306 e. The van der Waals surface area contributed by atoms with Gasteiger partial charge < -0.3 is 10.4 Å². The van der Waals surface area contributed by atoms with Crippen molar-refractivity contribution >= 4 is 5.97 Å². The molecule has 12 heavy (non-hydrogen) atoms. The molecule has 0 aromatic carbocycles. The van der Waals surface area contributed by atoms with Gasteiger partial charge in [-0.15, -0.1) is 0 Å². The van der Waals surface area contributed by atoms with Gasteiger partial charge in [0, 0.05) is 6.04 Å². The van der Waals surface area contributed by atoms with Gasteiger partial charge in [-0.3, -0.25) is 4.79 Å². The van der Waals surface area contributed by atoms with E-state index in [0.717, 1.165) is 19.4 Å². The van der Waals surface area contributed by atoms with Crippen molar-refractivity contribution in [1.29, 1.82) is 0 Å². The number of piperidine rings is 1. The van der Waals surface area contributed by atoms with Crippen LogP contribution in [0.5, 0.6) is 0 Å². The Bertz CT molecular complexity index is 179. The molecule has 2 fully saturated rings. The largest absolute Gasteiger partial charge is 0.481 e. The average Bonchev–Trinajstić information content (AvgIpc) is 2.46. The zero-order chi connectivity index (χ0) is 8.55. The minimum Gasteiger partial charge on any atom is -0.481 e. The van der Waals surface area contributed by atoms with Gasteiger partial charge in [-0.2, -0.15) is 0 Å².